The molecule has 0 saturated heterocycles. The number of nitrogens with zero attached hydrogens (tertiary/aromatic N) is 2. The lowest BCUT2D eigenvalue weighted by molar-refractivity contribution is -0.449. The lowest BCUT2D eigenvalue weighted by Crippen LogP contribution is -2.22. The van der Waals surface area contributed by atoms with Crippen LogP contribution in [0.5, 0.6) is 0 Å². The number of Topliss-reactive ketones (excluding diaryl/α,β-unsaturated/α-hetero) is 1. The maximum Gasteiger partial charge on any atom is 0.213 e. The summed E-state index contributed by atoms with van der Waals surface area (Å²) in [7, 11) is 0. The maximum atomic E-state index is 13.7. The lowest BCUT2D eigenvalue weighted by Gasteiger charge is -2.22. The summed E-state index contributed by atoms with van der Waals surface area (Å²) in [6.45, 7) is 1.38. The molecule has 4 aromatic carbocycles. The van der Waals surface area contributed by atoms with Crippen LogP contribution in [0.2, 0.25) is 0 Å². The monoisotopic (exact) mass is 493 g/mol. The van der Waals surface area contributed by atoms with E-state index < -0.39 is 0 Å². The zero-order chi connectivity index (χ0) is 25.6. The van der Waals surface area contributed by atoms with Crippen LogP contribution < -0.4 is 0 Å². The molecule has 2 aliphatic rings. The highest BCUT2D eigenvalue weighted by atomic mass is 16.3. The van der Waals surface area contributed by atoms with E-state index in [2.05, 4.69) is 45.5 Å². The van der Waals surface area contributed by atoms with Gasteiger partial charge in [-0.3, -0.25) is 4.79 Å². The third kappa shape index (κ3) is 3.53. The van der Waals surface area contributed by atoms with Crippen LogP contribution in [0, 0.1) is 0 Å². The van der Waals surface area contributed by atoms with Gasteiger partial charge in [-0.1, -0.05) is 91.0 Å². The first-order valence-electron chi connectivity index (χ1n) is 12.8. The smallest absolute Gasteiger partial charge is 0.213 e. The molecule has 1 aromatic heterocycles. The first-order chi connectivity index (χ1) is 18.7. The van der Waals surface area contributed by atoms with Crippen LogP contribution in [0.25, 0.3) is 22.0 Å². The van der Waals surface area contributed by atoms with Gasteiger partial charge < -0.3 is 9.67 Å². The Morgan fingerprint density at radius 2 is 1.34 bits per heavy atom. The third-order valence-electron chi connectivity index (χ3n) is 7.44. The number of carbonyl (C=O) groups is 1. The number of allylic oxidation sites excluding steroid dienone is 3. The predicted octanol–water partition coefficient (Wildman–Crippen LogP) is 6.92. The van der Waals surface area contributed by atoms with Crippen LogP contribution in [-0.4, -0.2) is 26.2 Å². The molecule has 0 bridgehead atoms. The summed E-state index contributed by atoms with van der Waals surface area (Å²) in [5.41, 5.74) is 7.72. The number of fused-ring (bicyclic) bond motifs is 2. The summed E-state index contributed by atoms with van der Waals surface area (Å²) in [5.74, 6) is -0.0482. The third-order valence-corrected chi connectivity index (χ3v) is 7.44. The molecular weight excluding hydrogens is 468 g/mol. The van der Waals surface area contributed by atoms with Crippen LogP contribution >= 0.6 is 0 Å². The largest absolute Gasteiger partial charge is 0.506 e. The number of carbonyl (C=O) groups excluding carboxylic acids is 1. The fourth-order valence-electron chi connectivity index (χ4n) is 5.62. The minimum absolute atomic E-state index is 0.0697. The fourth-order valence-corrected chi connectivity index (χ4v) is 5.62. The summed E-state index contributed by atoms with van der Waals surface area (Å²) in [6, 6.07) is 36.6. The highest BCUT2D eigenvalue weighted by molar-refractivity contribution is 6.45. The second-order valence-electron chi connectivity index (χ2n) is 9.77. The second kappa shape index (κ2) is 8.86. The molecule has 5 aromatic rings. The number of ketones is 1. The van der Waals surface area contributed by atoms with E-state index in [1.54, 1.807) is 0 Å². The number of aliphatic hydroxyl groups is 1. The van der Waals surface area contributed by atoms with E-state index in [0.29, 0.717) is 24.2 Å². The van der Waals surface area contributed by atoms with E-state index in [1.165, 1.54) is 11.1 Å². The van der Waals surface area contributed by atoms with Gasteiger partial charge in [-0.05, 0) is 17.7 Å². The van der Waals surface area contributed by atoms with Crippen molar-refractivity contribution >= 4 is 39.7 Å². The number of hydrogen-bond acceptors (Lipinski definition) is 2. The highest BCUT2D eigenvalue weighted by Crippen LogP contribution is 2.45. The minimum atomic E-state index is -0.118. The Hall–Kier alpha value is -4.96. The van der Waals surface area contributed by atoms with Gasteiger partial charge >= 0.3 is 0 Å². The Bertz CT molecular complexity index is 1820. The fraction of sp³-hybridized carbons (Fsp3) is 0.0588. The molecule has 0 radical (unpaired) electrons. The first-order valence-corrected chi connectivity index (χ1v) is 12.8. The van der Waals surface area contributed by atoms with Gasteiger partial charge in [0.05, 0.1) is 22.3 Å². The molecule has 0 fully saturated rings. The Morgan fingerprint density at radius 3 is 2.11 bits per heavy atom. The Kier molecular flexibility index (Phi) is 5.19. The van der Waals surface area contributed by atoms with Crippen LogP contribution in [0.4, 0.5) is 5.69 Å². The van der Waals surface area contributed by atoms with E-state index in [0.717, 1.165) is 33.3 Å². The molecule has 1 aliphatic carbocycles. The Morgan fingerprint density at radius 1 is 0.684 bits per heavy atom. The van der Waals surface area contributed by atoms with E-state index in [1.807, 2.05) is 85.2 Å². The zero-order valence-electron chi connectivity index (χ0n) is 20.7. The van der Waals surface area contributed by atoms with E-state index >= 15 is 0 Å². The van der Waals surface area contributed by atoms with Crippen LogP contribution in [0.1, 0.15) is 22.3 Å². The Labute approximate surface area is 220 Å². The number of para-hydroxylation sites is 2. The van der Waals surface area contributed by atoms with Crippen molar-refractivity contribution in [2.75, 3.05) is 0 Å². The molecule has 38 heavy (non-hydrogen) atoms. The second-order valence-corrected chi connectivity index (χ2v) is 9.77. The normalized spacial score (nSPS) is 16.5. The lowest BCUT2D eigenvalue weighted by atomic mass is 9.80. The van der Waals surface area contributed by atoms with Crippen molar-refractivity contribution in [1.29, 1.82) is 0 Å². The first kappa shape index (κ1) is 22.3. The topological polar surface area (TPSA) is 45.2 Å². The van der Waals surface area contributed by atoms with E-state index in [-0.39, 0.29) is 11.5 Å². The molecule has 1 aliphatic heterocycles. The van der Waals surface area contributed by atoms with Gasteiger partial charge in [0, 0.05) is 40.8 Å². The minimum Gasteiger partial charge on any atom is -0.506 e. The standard InChI is InChI=1S/C34H24N2O2/c37-33-31(27-21-35(19-23-11-3-1-4-12-23)29-17-9-7-15-25(27)29)34(38)32(33)28-22-36(20-24-13-5-2-6-14-24)30-18-10-8-16-26(28)30/h1-18,21-22H,19-20H2/p+1. The zero-order valence-corrected chi connectivity index (χ0v) is 20.7. The highest BCUT2D eigenvalue weighted by Gasteiger charge is 2.42. The van der Waals surface area contributed by atoms with Crippen molar-refractivity contribution in [1.82, 2.24) is 4.57 Å². The van der Waals surface area contributed by atoms with Crippen LogP contribution in [-0.2, 0) is 17.9 Å². The summed E-state index contributed by atoms with van der Waals surface area (Å²) >= 11 is 0. The van der Waals surface area contributed by atoms with Crippen molar-refractivity contribution in [3.8, 4) is 0 Å². The van der Waals surface area contributed by atoms with E-state index in [4.69, 9.17) is 0 Å². The maximum absolute atomic E-state index is 13.7. The molecule has 0 unspecified atom stereocenters. The van der Waals surface area contributed by atoms with Gasteiger partial charge in [-0.15, -0.1) is 0 Å². The van der Waals surface area contributed by atoms with Crippen molar-refractivity contribution in [2.45, 2.75) is 13.1 Å². The Balaban J connectivity index is 1.33. The van der Waals surface area contributed by atoms with Crippen LogP contribution in [0.15, 0.2) is 127 Å². The van der Waals surface area contributed by atoms with Gasteiger partial charge in [0.2, 0.25) is 11.5 Å². The SMILES string of the molecule is O=C1C(=C2C=[N+](Cc3ccccc3)c3ccccc32)C(O)=C1c1cn(Cc2ccccc2)c2ccccc12. The molecule has 0 amide bonds. The molecule has 4 heteroatoms. The summed E-state index contributed by atoms with van der Waals surface area (Å²) in [6.07, 6.45) is 3.99. The van der Waals surface area contributed by atoms with Crippen molar-refractivity contribution in [2.24, 2.45) is 0 Å². The van der Waals surface area contributed by atoms with Gasteiger partial charge in [-0.2, -0.15) is 4.58 Å². The number of benzene rings is 4. The van der Waals surface area contributed by atoms with Crippen molar-refractivity contribution < 1.29 is 14.5 Å². The van der Waals surface area contributed by atoms with Gasteiger partial charge in [0.1, 0.15) is 5.76 Å². The molecule has 0 spiro atoms. The number of hydrogen-bond donors (Lipinski definition) is 1. The quantitative estimate of drug-likeness (QED) is 0.213. The molecule has 4 nitrogen and oxygen atoms in total. The van der Waals surface area contributed by atoms with E-state index in [9.17, 15) is 9.90 Å². The molecular formula is C34H25N2O2+. The predicted molar refractivity (Wildman–Crippen MR) is 152 cm³/mol. The number of rotatable bonds is 5. The van der Waals surface area contributed by atoms with Gasteiger partial charge in [0.25, 0.3) is 0 Å². The molecule has 182 valence electrons. The molecule has 2 heterocycles. The molecule has 0 atom stereocenters. The van der Waals surface area contributed by atoms with Gasteiger partial charge in [-0.25, -0.2) is 0 Å². The average molecular weight is 494 g/mol. The van der Waals surface area contributed by atoms with Crippen molar-refractivity contribution in [3.05, 3.63) is 149 Å². The van der Waals surface area contributed by atoms with Crippen LogP contribution in [0.3, 0.4) is 0 Å². The number of aromatic nitrogens is 1. The molecule has 1 N–H and O–H groups in total. The average Bonchev–Trinajstić information content (AvgIpc) is 3.48. The number of aliphatic hydroxyl groups excluding tert-OH is 1. The summed E-state index contributed by atoms with van der Waals surface area (Å²) in [4.78, 5) is 13.7. The summed E-state index contributed by atoms with van der Waals surface area (Å²) < 4.78 is 4.30. The van der Waals surface area contributed by atoms with Gasteiger partial charge in [0.15, 0.2) is 12.8 Å². The summed E-state index contributed by atoms with van der Waals surface area (Å²) in [5, 5.41) is 12.3. The molecule has 7 rings (SSSR count). The molecule has 0 saturated carbocycles. The van der Waals surface area contributed by atoms with Crippen molar-refractivity contribution in [3.63, 3.8) is 0 Å².